The molecule has 0 aliphatic heterocycles. The second kappa shape index (κ2) is 5.88. The summed E-state index contributed by atoms with van der Waals surface area (Å²) in [6, 6.07) is 13.9. The number of nitrogens with one attached hydrogen (secondary N) is 1. The molecule has 4 nitrogen and oxygen atoms in total. The number of ketones is 1. The van der Waals surface area contributed by atoms with E-state index in [0.29, 0.717) is 17.3 Å². The van der Waals surface area contributed by atoms with E-state index in [0.717, 1.165) is 34.9 Å². The van der Waals surface area contributed by atoms with Crippen molar-refractivity contribution in [3.05, 3.63) is 65.4 Å². The smallest absolute Gasteiger partial charge is 0.296 e. The molecule has 1 aliphatic carbocycles. The molecule has 1 N–H and O–H groups in total. The Balaban J connectivity index is 1.68. The summed E-state index contributed by atoms with van der Waals surface area (Å²) in [6.45, 7) is 3.92. The van der Waals surface area contributed by atoms with Gasteiger partial charge in [0.2, 0.25) is 0 Å². The van der Waals surface area contributed by atoms with E-state index in [1.165, 1.54) is 0 Å². The molecule has 4 heteroatoms. The van der Waals surface area contributed by atoms with Crippen molar-refractivity contribution >= 4 is 28.3 Å². The Labute approximate surface area is 146 Å². The zero-order valence-corrected chi connectivity index (χ0v) is 14.4. The van der Waals surface area contributed by atoms with Crippen LogP contribution >= 0.6 is 0 Å². The molecule has 0 saturated heterocycles. The molecule has 4 rings (SSSR count). The number of hydrogen-bond donors (Lipinski definition) is 1. The number of aryl methyl sites for hydroxylation is 1. The highest BCUT2D eigenvalue weighted by Gasteiger charge is 2.28. The highest BCUT2D eigenvalue weighted by Crippen LogP contribution is 2.39. The molecule has 25 heavy (non-hydrogen) atoms. The van der Waals surface area contributed by atoms with E-state index >= 15 is 0 Å². The van der Waals surface area contributed by atoms with E-state index in [1.807, 2.05) is 62.5 Å². The first kappa shape index (κ1) is 15.6. The van der Waals surface area contributed by atoms with Crippen molar-refractivity contribution < 1.29 is 9.59 Å². The number of anilines is 1. The number of hydrogen-bond acceptors (Lipinski definition) is 2. The lowest BCUT2D eigenvalue weighted by molar-refractivity contribution is -0.112. The number of nitrogens with zero attached hydrogens (tertiary/aromatic N) is 1. The van der Waals surface area contributed by atoms with Crippen LogP contribution in [0, 0.1) is 13.8 Å². The van der Waals surface area contributed by atoms with Crippen molar-refractivity contribution in [3.8, 4) is 0 Å². The van der Waals surface area contributed by atoms with Crippen LogP contribution in [0.2, 0.25) is 0 Å². The van der Waals surface area contributed by atoms with E-state index in [4.69, 9.17) is 0 Å². The average molecular weight is 332 g/mol. The molecule has 126 valence electrons. The maximum absolute atomic E-state index is 12.8. The van der Waals surface area contributed by atoms with Gasteiger partial charge in [-0.15, -0.1) is 0 Å². The van der Waals surface area contributed by atoms with Gasteiger partial charge in [-0.25, -0.2) is 0 Å². The van der Waals surface area contributed by atoms with Crippen LogP contribution in [0.5, 0.6) is 0 Å². The summed E-state index contributed by atoms with van der Waals surface area (Å²) in [5.74, 6) is -1.08. The van der Waals surface area contributed by atoms with Gasteiger partial charge in [0.1, 0.15) is 0 Å². The van der Waals surface area contributed by atoms with Gasteiger partial charge in [-0.05, 0) is 49.9 Å². The molecule has 0 bridgehead atoms. The molecule has 1 aliphatic rings. The molecule has 3 aromatic rings. The van der Waals surface area contributed by atoms with Gasteiger partial charge < -0.3 is 9.88 Å². The third kappa shape index (κ3) is 2.74. The van der Waals surface area contributed by atoms with Gasteiger partial charge in [0.05, 0.1) is 5.56 Å². The van der Waals surface area contributed by atoms with Gasteiger partial charge in [0.25, 0.3) is 11.7 Å². The highest BCUT2D eigenvalue weighted by atomic mass is 16.2. The number of benzene rings is 2. The third-order valence-electron chi connectivity index (χ3n) is 4.98. The Hall–Kier alpha value is -2.88. The molecule has 0 spiro atoms. The fourth-order valence-corrected chi connectivity index (χ4v) is 3.23. The van der Waals surface area contributed by atoms with Gasteiger partial charge in [-0.1, -0.05) is 30.3 Å². The minimum Gasteiger partial charge on any atom is -0.344 e. The highest BCUT2D eigenvalue weighted by molar-refractivity contribution is 6.48. The summed E-state index contributed by atoms with van der Waals surface area (Å²) in [5.41, 5.74) is 4.24. The first-order valence-electron chi connectivity index (χ1n) is 8.57. The number of amides is 1. The average Bonchev–Trinajstić information content (AvgIpc) is 3.39. The van der Waals surface area contributed by atoms with Gasteiger partial charge in [0, 0.05) is 28.8 Å². The van der Waals surface area contributed by atoms with Gasteiger partial charge >= 0.3 is 0 Å². The Morgan fingerprint density at radius 1 is 1.04 bits per heavy atom. The van der Waals surface area contributed by atoms with E-state index < -0.39 is 11.7 Å². The lowest BCUT2D eigenvalue weighted by atomic mass is 10.1. The summed E-state index contributed by atoms with van der Waals surface area (Å²) in [5, 5.41) is 3.61. The topological polar surface area (TPSA) is 51.1 Å². The normalized spacial score (nSPS) is 13.8. The number of carbonyl (C=O) groups is 2. The second-order valence-corrected chi connectivity index (χ2v) is 6.73. The van der Waals surface area contributed by atoms with Crippen molar-refractivity contribution in [2.75, 3.05) is 5.32 Å². The van der Waals surface area contributed by atoms with E-state index in [-0.39, 0.29) is 0 Å². The second-order valence-electron chi connectivity index (χ2n) is 6.73. The number of rotatable bonds is 4. The molecule has 0 atom stereocenters. The van der Waals surface area contributed by atoms with Crippen LogP contribution in [0.15, 0.2) is 48.7 Å². The van der Waals surface area contributed by atoms with Crippen molar-refractivity contribution in [1.29, 1.82) is 0 Å². The minimum atomic E-state index is -0.590. The number of fused-ring (bicyclic) bond motifs is 1. The van der Waals surface area contributed by atoms with Crippen molar-refractivity contribution in [2.45, 2.75) is 32.7 Å². The zero-order valence-electron chi connectivity index (χ0n) is 14.4. The predicted octanol–water partition coefficient (Wildman–Crippen LogP) is 4.41. The van der Waals surface area contributed by atoms with Crippen LogP contribution in [0.3, 0.4) is 0 Å². The number of aromatic nitrogens is 1. The van der Waals surface area contributed by atoms with Crippen LogP contribution in [0.1, 0.15) is 40.4 Å². The summed E-state index contributed by atoms with van der Waals surface area (Å²) in [7, 11) is 0. The fourth-order valence-electron chi connectivity index (χ4n) is 3.23. The zero-order chi connectivity index (χ0) is 17.6. The van der Waals surface area contributed by atoms with Crippen molar-refractivity contribution in [2.24, 2.45) is 0 Å². The molecule has 2 aromatic carbocycles. The molecule has 1 amide bonds. The van der Waals surface area contributed by atoms with Crippen LogP contribution < -0.4 is 5.32 Å². The molecular formula is C21H20N2O2. The van der Waals surface area contributed by atoms with Crippen molar-refractivity contribution in [1.82, 2.24) is 4.57 Å². The molecule has 0 radical (unpaired) electrons. The number of Topliss-reactive ketones (excluding diaryl/α,β-unsaturated/α-hetero) is 1. The standard InChI is InChI=1S/C21H20N2O2/c1-13-6-5-8-18(14(13)2)22-21(25)20(24)17-12-23(15-10-11-15)19-9-4-3-7-16(17)19/h3-9,12,15H,10-11H2,1-2H3,(H,22,25). The molecular weight excluding hydrogens is 312 g/mol. The first-order chi connectivity index (χ1) is 12.1. The van der Waals surface area contributed by atoms with Crippen LogP contribution in [-0.2, 0) is 4.79 Å². The molecule has 1 saturated carbocycles. The first-order valence-corrected chi connectivity index (χ1v) is 8.57. The summed E-state index contributed by atoms with van der Waals surface area (Å²) in [4.78, 5) is 25.3. The predicted molar refractivity (Wildman–Crippen MR) is 99.1 cm³/mol. The molecule has 1 aromatic heterocycles. The SMILES string of the molecule is Cc1cccc(NC(=O)C(=O)c2cn(C3CC3)c3ccccc23)c1C. The molecule has 1 fully saturated rings. The maximum atomic E-state index is 12.8. The Kier molecular flexibility index (Phi) is 3.68. The summed E-state index contributed by atoms with van der Waals surface area (Å²) in [6.07, 6.45) is 4.09. The Bertz CT molecular complexity index is 996. The maximum Gasteiger partial charge on any atom is 0.296 e. The monoisotopic (exact) mass is 332 g/mol. The van der Waals surface area contributed by atoms with Crippen LogP contribution in [0.4, 0.5) is 5.69 Å². The van der Waals surface area contributed by atoms with E-state index in [2.05, 4.69) is 9.88 Å². The number of carbonyl (C=O) groups excluding carboxylic acids is 2. The number of para-hydroxylation sites is 1. The van der Waals surface area contributed by atoms with Gasteiger partial charge in [0.15, 0.2) is 0 Å². The minimum absolute atomic E-state index is 0.452. The van der Waals surface area contributed by atoms with E-state index in [1.54, 1.807) is 0 Å². The quantitative estimate of drug-likeness (QED) is 0.568. The fraction of sp³-hybridized carbons (Fsp3) is 0.238. The van der Waals surface area contributed by atoms with Crippen molar-refractivity contribution in [3.63, 3.8) is 0 Å². The van der Waals surface area contributed by atoms with Crippen LogP contribution in [0.25, 0.3) is 10.9 Å². The third-order valence-corrected chi connectivity index (χ3v) is 4.98. The largest absolute Gasteiger partial charge is 0.344 e. The lowest BCUT2D eigenvalue weighted by Gasteiger charge is -2.09. The van der Waals surface area contributed by atoms with Crippen LogP contribution in [-0.4, -0.2) is 16.3 Å². The summed E-state index contributed by atoms with van der Waals surface area (Å²) >= 11 is 0. The van der Waals surface area contributed by atoms with Gasteiger partial charge in [-0.2, -0.15) is 0 Å². The van der Waals surface area contributed by atoms with Gasteiger partial charge in [-0.3, -0.25) is 9.59 Å². The molecule has 1 heterocycles. The van der Waals surface area contributed by atoms with E-state index in [9.17, 15) is 9.59 Å². The summed E-state index contributed by atoms with van der Waals surface area (Å²) < 4.78 is 2.13. The Morgan fingerprint density at radius 3 is 2.56 bits per heavy atom. The Morgan fingerprint density at radius 2 is 1.80 bits per heavy atom. The molecule has 0 unspecified atom stereocenters. The lowest BCUT2D eigenvalue weighted by Crippen LogP contribution is -2.23.